The topological polar surface area (TPSA) is 70.1 Å². The van der Waals surface area contributed by atoms with E-state index < -0.39 is 0 Å². The van der Waals surface area contributed by atoms with Crippen LogP contribution in [0.5, 0.6) is 0 Å². The molecule has 2 N–H and O–H groups in total. The highest BCUT2D eigenvalue weighted by Gasteiger charge is 2.23. The van der Waals surface area contributed by atoms with Crippen molar-refractivity contribution in [3.05, 3.63) is 46.1 Å². The molecule has 1 saturated carbocycles. The van der Waals surface area contributed by atoms with Gasteiger partial charge in [-0.15, -0.1) is 0 Å². The number of benzene rings is 1. The molecule has 28 heavy (non-hydrogen) atoms. The third kappa shape index (κ3) is 4.93. The molecule has 1 aliphatic rings. The normalized spacial score (nSPS) is 19.2. The summed E-state index contributed by atoms with van der Waals surface area (Å²) in [5.41, 5.74) is 2.73. The average molecular weight is 402 g/mol. The lowest BCUT2D eigenvalue weighted by Gasteiger charge is -2.30. The third-order valence-corrected chi connectivity index (χ3v) is 5.54. The van der Waals surface area contributed by atoms with Gasteiger partial charge in [0.2, 0.25) is 5.95 Å². The lowest BCUT2D eigenvalue weighted by Crippen LogP contribution is -2.40. The summed E-state index contributed by atoms with van der Waals surface area (Å²) in [6.45, 7) is 4.06. The molecule has 0 unspecified atom stereocenters. The molecular weight excluding hydrogens is 374 g/mol. The fraction of sp³-hybridized carbons (Fsp3) is 0.476. The number of carbonyl (C=O) groups excluding carboxylic acids is 1. The predicted octanol–water partition coefficient (Wildman–Crippen LogP) is 3.97. The van der Waals surface area contributed by atoms with Gasteiger partial charge in [0.1, 0.15) is 5.82 Å². The summed E-state index contributed by atoms with van der Waals surface area (Å²) < 4.78 is 0. The van der Waals surface area contributed by atoms with Crippen LogP contribution in [-0.2, 0) is 0 Å². The Bertz CT molecular complexity index is 829. The van der Waals surface area contributed by atoms with Crippen LogP contribution in [0.2, 0.25) is 5.02 Å². The van der Waals surface area contributed by atoms with Crippen molar-refractivity contribution in [3.8, 4) is 0 Å². The summed E-state index contributed by atoms with van der Waals surface area (Å²) in [6.07, 6.45) is 3.81. The number of anilines is 2. The summed E-state index contributed by atoms with van der Waals surface area (Å²) in [5, 5.41) is 7.25. The fourth-order valence-electron chi connectivity index (χ4n) is 3.55. The lowest BCUT2D eigenvalue weighted by molar-refractivity contribution is 0.0926. The SMILES string of the molecule is Cc1nc(N[C@H]2CC[C@@H](NC(=O)c3ccc(Cl)cc3)CC2)nc(N(C)C)c1C. The molecule has 2 aromatic rings. The van der Waals surface area contributed by atoms with Crippen LogP contribution in [-0.4, -0.2) is 42.1 Å². The molecule has 3 rings (SSSR count). The molecule has 1 amide bonds. The number of hydrogen-bond acceptors (Lipinski definition) is 5. The van der Waals surface area contributed by atoms with Crippen molar-refractivity contribution >= 4 is 29.3 Å². The number of amides is 1. The molecule has 0 spiro atoms. The van der Waals surface area contributed by atoms with E-state index in [9.17, 15) is 4.79 Å². The molecule has 1 aromatic heterocycles. The molecule has 1 aromatic carbocycles. The number of rotatable bonds is 5. The van der Waals surface area contributed by atoms with Crippen LogP contribution in [0.1, 0.15) is 47.3 Å². The van der Waals surface area contributed by atoms with Gasteiger partial charge in [-0.25, -0.2) is 4.98 Å². The summed E-state index contributed by atoms with van der Waals surface area (Å²) >= 11 is 5.88. The number of nitrogens with zero attached hydrogens (tertiary/aromatic N) is 3. The van der Waals surface area contributed by atoms with Crippen molar-refractivity contribution < 1.29 is 4.79 Å². The molecule has 1 heterocycles. The van der Waals surface area contributed by atoms with Crippen LogP contribution in [0.3, 0.4) is 0 Å². The van der Waals surface area contributed by atoms with E-state index >= 15 is 0 Å². The predicted molar refractivity (Wildman–Crippen MR) is 114 cm³/mol. The number of nitrogens with one attached hydrogen (secondary N) is 2. The van der Waals surface area contributed by atoms with Crippen LogP contribution in [0.15, 0.2) is 24.3 Å². The number of hydrogen-bond donors (Lipinski definition) is 2. The molecule has 6 nitrogen and oxygen atoms in total. The first-order valence-electron chi connectivity index (χ1n) is 9.69. The minimum Gasteiger partial charge on any atom is -0.362 e. The number of aryl methyl sites for hydroxylation is 1. The van der Waals surface area contributed by atoms with Gasteiger partial charge in [-0.1, -0.05) is 11.6 Å². The van der Waals surface area contributed by atoms with E-state index in [0.29, 0.717) is 22.6 Å². The van der Waals surface area contributed by atoms with E-state index in [4.69, 9.17) is 11.6 Å². The van der Waals surface area contributed by atoms with Crippen LogP contribution in [0, 0.1) is 13.8 Å². The smallest absolute Gasteiger partial charge is 0.251 e. The van der Waals surface area contributed by atoms with Crippen molar-refractivity contribution in [1.82, 2.24) is 15.3 Å². The van der Waals surface area contributed by atoms with E-state index in [0.717, 1.165) is 42.8 Å². The Kier molecular flexibility index (Phi) is 6.39. The average Bonchev–Trinajstić information content (AvgIpc) is 2.66. The molecule has 150 valence electrons. The monoisotopic (exact) mass is 401 g/mol. The Morgan fingerprint density at radius 3 is 2.25 bits per heavy atom. The molecule has 0 atom stereocenters. The van der Waals surface area contributed by atoms with Crippen LogP contribution in [0.25, 0.3) is 0 Å². The molecule has 0 radical (unpaired) electrons. The lowest BCUT2D eigenvalue weighted by atomic mass is 9.91. The molecule has 0 aliphatic heterocycles. The standard InChI is InChI=1S/C21H28ClN5O/c1-13-14(2)23-21(26-19(13)27(3)4)25-18-11-9-17(10-12-18)24-20(28)15-5-7-16(22)8-6-15/h5-8,17-18H,9-12H2,1-4H3,(H,24,28)(H,23,25,26)/t17-,18+. The Morgan fingerprint density at radius 2 is 1.64 bits per heavy atom. The maximum absolute atomic E-state index is 12.4. The fourth-order valence-corrected chi connectivity index (χ4v) is 3.67. The van der Waals surface area contributed by atoms with Gasteiger partial charge in [-0.3, -0.25) is 4.79 Å². The molecule has 1 aliphatic carbocycles. The van der Waals surface area contributed by atoms with Gasteiger partial charge in [-0.05, 0) is 63.8 Å². The zero-order valence-electron chi connectivity index (χ0n) is 16.9. The zero-order chi connectivity index (χ0) is 20.3. The van der Waals surface area contributed by atoms with Gasteiger partial charge in [0, 0.05) is 48.0 Å². The van der Waals surface area contributed by atoms with Gasteiger partial charge >= 0.3 is 0 Å². The molecule has 1 fully saturated rings. The maximum Gasteiger partial charge on any atom is 0.251 e. The maximum atomic E-state index is 12.4. The van der Waals surface area contributed by atoms with Crippen LogP contribution < -0.4 is 15.5 Å². The minimum absolute atomic E-state index is 0.0406. The summed E-state index contributed by atoms with van der Waals surface area (Å²) in [4.78, 5) is 23.6. The highest BCUT2D eigenvalue weighted by Crippen LogP contribution is 2.24. The second-order valence-electron chi connectivity index (χ2n) is 7.65. The van der Waals surface area contributed by atoms with E-state index in [2.05, 4.69) is 20.6 Å². The van der Waals surface area contributed by atoms with Crippen molar-refractivity contribution in [3.63, 3.8) is 0 Å². The van der Waals surface area contributed by atoms with E-state index in [1.165, 1.54) is 0 Å². The molecule has 0 saturated heterocycles. The second-order valence-corrected chi connectivity index (χ2v) is 8.09. The van der Waals surface area contributed by atoms with Gasteiger partial charge in [0.25, 0.3) is 5.91 Å². The number of halogens is 1. The molecular formula is C21H28ClN5O. The summed E-state index contributed by atoms with van der Waals surface area (Å²) in [7, 11) is 3.99. The zero-order valence-corrected chi connectivity index (χ0v) is 17.7. The Balaban J connectivity index is 1.54. The van der Waals surface area contributed by atoms with Gasteiger partial charge in [0.05, 0.1) is 0 Å². The van der Waals surface area contributed by atoms with Crippen molar-refractivity contribution in [1.29, 1.82) is 0 Å². The van der Waals surface area contributed by atoms with E-state index in [-0.39, 0.29) is 11.9 Å². The van der Waals surface area contributed by atoms with Crippen molar-refractivity contribution in [2.24, 2.45) is 0 Å². The highest BCUT2D eigenvalue weighted by atomic mass is 35.5. The Morgan fingerprint density at radius 1 is 1.04 bits per heavy atom. The first kappa shape index (κ1) is 20.4. The van der Waals surface area contributed by atoms with Gasteiger partial charge < -0.3 is 15.5 Å². The molecule has 0 bridgehead atoms. The van der Waals surface area contributed by atoms with Crippen molar-refractivity contribution in [2.45, 2.75) is 51.6 Å². The van der Waals surface area contributed by atoms with Crippen LogP contribution >= 0.6 is 11.6 Å². The minimum atomic E-state index is -0.0406. The first-order chi connectivity index (χ1) is 13.3. The largest absolute Gasteiger partial charge is 0.362 e. The quantitative estimate of drug-likeness (QED) is 0.793. The Hall–Kier alpha value is -2.34. The number of carbonyl (C=O) groups is 1. The van der Waals surface area contributed by atoms with Crippen molar-refractivity contribution in [2.75, 3.05) is 24.3 Å². The van der Waals surface area contributed by atoms with E-state index in [1.54, 1.807) is 24.3 Å². The second kappa shape index (κ2) is 8.78. The first-order valence-corrected chi connectivity index (χ1v) is 10.1. The Labute approximate surface area is 171 Å². The highest BCUT2D eigenvalue weighted by molar-refractivity contribution is 6.30. The third-order valence-electron chi connectivity index (χ3n) is 5.29. The van der Waals surface area contributed by atoms with Gasteiger partial charge in [0.15, 0.2) is 0 Å². The van der Waals surface area contributed by atoms with E-state index in [1.807, 2.05) is 32.8 Å². The number of aromatic nitrogens is 2. The van der Waals surface area contributed by atoms with Gasteiger partial charge in [-0.2, -0.15) is 4.98 Å². The summed E-state index contributed by atoms with van der Waals surface area (Å²) in [5.74, 6) is 1.58. The van der Waals surface area contributed by atoms with Crippen LogP contribution in [0.4, 0.5) is 11.8 Å². The molecule has 7 heteroatoms. The summed E-state index contributed by atoms with van der Waals surface area (Å²) in [6, 6.07) is 7.50.